The highest BCUT2D eigenvalue weighted by Gasteiger charge is 2.41. The number of benzene rings is 1. The predicted octanol–water partition coefficient (Wildman–Crippen LogP) is 1.14. The highest BCUT2D eigenvalue weighted by molar-refractivity contribution is 6.05. The Hall–Kier alpha value is -1.88. The summed E-state index contributed by atoms with van der Waals surface area (Å²) in [5, 5.41) is 5.25. The molecule has 0 atom stereocenters. The van der Waals surface area contributed by atoms with Crippen molar-refractivity contribution in [3.8, 4) is 0 Å². The summed E-state index contributed by atoms with van der Waals surface area (Å²) in [5.74, 6) is -0.0219. The van der Waals surface area contributed by atoms with Crippen LogP contribution in [0.15, 0.2) is 24.3 Å². The van der Waals surface area contributed by atoms with Gasteiger partial charge < -0.3 is 10.6 Å². The number of likely N-dealkylation sites (tertiary alicyclic amines) is 1. The number of nitrogens with zero attached hydrogens (tertiary/aromatic N) is 3. The lowest BCUT2D eigenvalue weighted by Gasteiger charge is -2.47. The van der Waals surface area contributed by atoms with Crippen LogP contribution in [-0.4, -0.2) is 39.2 Å². The molecular formula is C14H18N4O. The SMILES string of the molecule is CCC1(N)CN(C(=O)c2nn(C)c3ccccc23)C1. The molecule has 1 fully saturated rings. The molecular weight excluding hydrogens is 240 g/mol. The van der Waals surface area contributed by atoms with E-state index in [0.29, 0.717) is 18.8 Å². The van der Waals surface area contributed by atoms with Crippen molar-refractivity contribution in [2.45, 2.75) is 18.9 Å². The fraction of sp³-hybridized carbons (Fsp3) is 0.429. The Labute approximate surface area is 112 Å². The summed E-state index contributed by atoms with van der Waals surface area (Å²) in [6, 6.07) is 7.78. The maximum absolute atomic E-state index is 12.5. The summed E-state index contributed by atoms with van der Waals surface area (Å²) >= 11 is 0. The van der Waals surface area contributed by atoms with Gasteiger partial charge in [0.2, 0.25) is 0 Å². The summed E-state index contributed by atoms with van der Waals surface area (Å²) in [5.41, 5.74) is 7.40. The minimum Gasteiger partial charge on any atom is -0.333 e. The van der Waals surface area contributed by atoms with E-state index in [1.165, 1.54) is 0 Å². The average molecular weight is 258 g/mol. The Balaban J connectivity index is 1.91. The van der Waals surface area contributed by atoms with E-state index in [9.17, 15) is 4.79 Å². The molecule has 1 aliphatic rings. The topological polar surface area (TPSA) is 64.2 Å². The molecule has 0 spiro atoms. The Morgan fingerprint density at radius 2 is 2.11 bits per heavy atom. The van der Waals surface area contributed by atoms with Crippen LogP contribution in [0.4, 0.5) is 0 Å². The Kier molecular flexibility index (Phi) is 2.60. The fourth-order valence-corrected chi connectivity index (χ4v) is 2.60. The highest BCUT2D eigenvalue weighted by atomic mass is 16.2. The predicted molar refractivity (Wildman–Crippen MR) is 73.8 cm³/mol. The third-order valence-corrected chi connectivity index (χ3v) is 3.96. The van der Waals surface area contributed by atoms with Crippen molar-refractivity contribution in [3.63, 3.8) is 0 Å². The van der Waals surface area contributed by atoms with Gasteiger partial charge in [0, 0.05) is 25.5 Å². The molecule has 1 amide bonds. The summed E-state index contributed by atoms with van der Waals surface area (Å²) in [7, 11) is 1.86. The van der Waals surface area contributed by atoms with Crippen molar-refractivity contribution in [1.82, 2.24) is 14.7 Å². The first-order valence-electron chi connectivity index (χ1n) is 6.54. The number of para-hydroxylation sites is 1. The summed E-state index contributed by atoms with van der Waals surface area (Å²) in [6.07, 6.45) is 0.889. The number of amides is 1. The number of hydrogen-bond donors (Lipinski definition) is 1. The molecule has 2 N–H and O–H groups in total. The summed E-state index contributed by atoms with van der Waals surface area (Å²) in [6.45, 7) is 3.29. The van der Waals surface area contributed by atoms with Crippen LogP contribution in [0.1, 0.15) is 23.8 Å². The van der Waals surface area contributed by atoms with Gasteiger partial charge in [0.1, 0.15) is 0 Å². The number of hydrogen-bond acceptors (Lipinski definition) is 3. The van der Waals surface area contributed by atoms with E-state index in [2.05, 4.69) is 12.0 Å². The molecule has 0 radical (unpaired) electrons. The molecule has 5 heteroatoms. The van der Waals surface area contributed by atoms with Gasteiger partial charge in [0.15, 0.2) is 5.69 Å². The monoisotopic (exact) mass is 258 g/mol. The zero-order chi connectivity index (χ0) is 13.6. The molecule has 0 unspecified atom stereocenters. The maximum atomic E-state index is 12.5. The van der Waals surface area contributed by atoms with E-state index in [1.807, 2.05) is 31.3 Å². The standard InChI is InChI=1S/C14H18N4O/c1-3-14(15)8-18(9-14)13(19)12-10-6-4-5-7-11(10)17(2)16-12/h4-7H,3,8-9,15H2,1-2H3. The van der Waals surface area contributed by atoms with Crippen molar-refractivity contribution < 1.29 is 4.79 Å². The zero-order valence-electron chi connectivity index (χ0n) is 11.3. The largest absolute Gasteiger partial charge is 0.333 e. The van der Waals surface area contributed by atoms with Crippen molar-refractivity contribution in [2.24, 2.45) is 12.8 Å². The van der Waals surface area contributed by atoms with E-state index in [-0.39, 0.29) is 11.4 Å². The van der Waals surface area contributed by atoms with E-state index >= 15 is 0 Å². The quantitative estimate of drug-likeness (QED) is 0.878. The van der Waals surface area contributed by atoms with Gasteiger partial charge in [-0.2, -0.15) is 5.10 Å². The van der Waals surface area contributed by atoms with Crippen LogP contribution >= 0.6 is 0 Å². The maximum Gasteiger partial charge on any atom is 0.275 e. The Morgan fingerprint density at radius 1 is 1.42 bits per heavy atom. The van der Waals surface area contributed by atoms with Gasteiger partial charge in [-0.3, -0.25) is 9.48 Å². The van der Waals surface area contributed by atoms with Gasteiger partial charge in [-0.1, -0.05) is 25.1 Å². The zero-order valence-corrected chi connectivity index (χ0v) is 11.3. The number of aromatic nitrogens is 2. The third-order valence-electron chi connectivity index (χ3n) is 3.96. The number of nitrogens with two attached hydrogens (primary N) is 1. The number of carbonyl (C=O) groups is 1. The second kappa shape index (κ2) is 4.06. The number of fused-ring (bicyclic) bond motifs is 1. The molecule has 5 nitrogen and oxygen atoms in total. The van der Waals surface area contributed by atoms with E-state index in [0.717, 1.165) is 17.3 Å². The third kappa shape index (κ3) is 1.81. The molecule has 2 aromatic rings. The van der Waals surface area contributed by atoms with Crippen LogP contribution in [-0.2, 0) is 7.05 Å². The van der Waals surface area contributed by atoms with E-state index in [4.69, 9.17) is 5.73 Å². The van der Waals surface area contributed by atoms with Crippen molar-refractivity contribution in [3.05, 3.63) is 30.0 Å². The van der Waals surface area contributed by atoms with Gasteiger partial charge in [0.25, 0.3) is 5.91 Å². The molecule has 1 aromatic heterocycles. The number of carbonyl (C=O) groups excluding carboxylic acids is 1. The number of aryl methyl sites for hydroxylation is 1. The van der Waals surface area contributed by atoms with E-state index in [1.54, 1.807) is 9.58 Å². The highest BCUT2D eigenvalue weighted by Crippen LogP contribution is 2.26. The second-order valence-corrected chi connectivity index (χ2v) is 5.37. The van der Waals surface area contributed by atoms with Crippen molar-refractivity contribution in [2.75, 3.05) is 13.1 Å². The first-order valence-corrected chi connectivity index (χ1v) is 6.54. The van der Waals surface area contributed by atoms with E-state index < -0.39 is 0 Å². The van der Waals surface area contributed by atoms with Crippen LogP contribution in [0.2, 0.25) is 0 Å². The molecule has 0 aliphatic carbocycles. The molecule has 0 saturated carbocycles. The Morgan fingerprint density at radius 3 is 2.79 bits per heavy atom. The minimum atomic E-state index is -0.208. The molecule has 0 bridgehead atoms. The van der Waals surface area contributed by atoms with Gasteiger partial charge in [-0.25, -0.2) is 0 Å². The lowest BCUT2D eigenvalue weighted by atomic mass is 9.88. The summed E-state index contributed by atoms with van der Waals surface area (Å²) < 4.78 is 1.75. The van der Waals surface area contributed by atoms with Gasteiger partial charge in [0.05, 0.1) is 11.1 Å². The average Bonchev–Trinajstić information content (AvgIpc) is 2.72. The molecule has 1 saturated heterocycles. The molecule has 2 heterocycles. The van der Waals surface area contributed by atoms with Crippen LogP contribution in [0.5, 0.6) is 0 Å². The van der Waals surface area contributed by atoms with Crippen LogP contribution in [0, 0.1) is 0 Å². The smallest absolute Gasteiger partial charge is 0.275 e. The summed E-state index contributed by atoms with van der Waals surface area (Å²) in [4.78, 5) is 14.2. The fourth-order valence-electron chi connectivity index (χ4n) is 2.60. The Bertz CT molecular complexity index is 640. The first kappa shape index (κ1) is 12.2. The molecule has 100 valence electrons. The molecule has 1 aromatic carbocycles. The minimum absolute atomic E-state index is 0.0219. The van der Waals surface area contributed by atoms with Crippen LogP contribution < -0.4 is 5.73 Å². The van der Waals surface area contributed by atoms with Crippen LogP contribution in [0.3, 0.4) is 0 Å². The lowest BCUT2D eigenvalue weighted by molar-refractivity contribution is 0.0396. The van der Waals surface area contributed by atoms with Gasteiger partial charge >= 0.3 is 0 Å². The normalized spacial score (nSPS) is 17.5. The van der Waals surface area contributed by atoms with Crippen molar-refractivity contribution >= 4 is 16.8 Å². The molecule has 3 rings (SSSR count). The molecule has 19 heavy (non-hydrogen) atoms. The second-order valence-electron chi connectivity index (χ2n) is 5.37. The van der Waals surface area contributed by atoms with Gasteiger partial charge in [-0.15, -0.1) is 0 Å². The number of rotatable bonds is 2. The van der Waals surface area contributed by atoms with Crippen LogP contribution in [0.25, 0.3) is 10.9 Å². The first-order chi connectivity index (χ1) is 9.04. The molecule has 1 aliphatic heterocycles. The van der Waals surface area contributed by atoms with Gasteiger partial charge in [-0.05, 0) is 12.5 Å². The van der Waals surface area contributed by atoms with Crippen molar-refractivity contribution in [1.29, 1.82) is 0 Å². The lowest BCUT2D eigenvalue weighted by Crippen LogP contribution is -2.68.